The van der Waals surface area contributed by atoms with Crippen LogP contribution in [-0.4, -0.2) is 11.1 Å². The molecule has 0 saturated heterocycles. The molecule has 1 unspecified atom stereocenters. The quantitative estimate of drug-likeness (QED) is 0.494. The zero-order valence-electron chi connectivity index (χ0n) is 6.58. The molecule has 0 radical (unpaired) electrons. The molecule has 0 amide bonds. The average Bonchev–Trinajstić information content (AvgIpc) is 1.97. The highest BCUT2D eigenvalue weighted by atomic mass is 16.4. The molecule has 2 nitrogen and oxygen atoms in total. The lowest BCUT2D eigenvalue weighted by Crippen LogP contribution is -2.08. The zero-order valence-corrected chi connectivity index (χ0v) is 6.58. The fraction of sp³-hybridized carbons (Fsp3) is 0.333. The number of aliphatic carboxylic acids is 1. The van der Waals surface area contributed by atoms with Gasteiger partial charge in [-0.3, -0.25) is 4.79 Å². The van der Waals surface area contributed by atoms with E-state index >= 15 is 0 Å². The van der Waals surface area contributed by atoms with Crippen LogP contribution < -0.4 is 0 Å². The number of hydrogen-bond donors (Lipinski definition) is 1. The second kappa shape index (κ2) is 5.51. The second-order valence-corrected chi connectivity index (χ2v) is 2.08. The van der Waals surface area contributed by atoms with Crippen molar-refractivity contribution < 1.29 is 9.90 Å². The molecule has 0 aliphatic rings. The van der Waals surface area contributed by atoms with Crippen molar-refractivity contribution >= 4 is 5.97 Å². The molecular formula is C9H12O2. The summed E-state index contributed by atoms with van der Waals surface area (Å²) in [6, 6.07) is 0. The monoisotopic (exact) mass is 152 g/mol. The van der Waals surface area contributed by atoms with Crippen molar-refractivity contribution in [2.45, 2.75) is 13.3 Å². The zero-order chi connectivity index (χ0) is 8.69. The molecule has 0 aromatic carbocycles. The average molecular weight is 152 g/mol. The molecule has 11 heavy (non-hydrogen) atoms. The number of hydrogen-bond acceptors (Lipinski definition) is 1. The van der Waals surface area contributed by atoms with Gasteiger partial charge in [-0.15, -0.1) is 12.3 Å². The first-order valence-corrected chi connectivity index (χ1v) is 3.43. The van der Waals surface area contributed by atoms with E-state index in [-0.39, 0.29) is 0 Å². The van der Waals surface area contributed by atoms with Crippen LogP contribution in [0.3, 0.4) is 0 Å². The van der Waals surface area contributed by atoms with E-state index < -0.39 is 11.9 Å². The Morgan fingerprint density at radius 3 is 2.82 bits per heavy atom. The number of carbonyl (C=O) groups is 1. The molecule has 0 aromatic rings. The lowest BCUT2D eigenvalue weighted by Gasteiger charge is -1.99. The molecule has 1 N–H and O–H groups in total. The molecule has 0 fully saturated rings. The van der Waals surface area contributed by atoms with Gasteiger partial charge in [0.2, 0.25) is 0 Å². The molecule has 0 rings (SSSR count). The van der Waals surface area contributed by atoms with Gasteiger partial charge in [0.15, 0.2) is 0 Å². The Balaban J connectivity index is 3.99. The van der Waals surface area contributed by atoms with Crippen molar-refractivity contribution in [1.29, 1.82) is 0 Å². The van der Waals surface area contributed by atoms with Gasteiger partial charge < -0.3 is 5.11 Å². The summed E-state index contributed by atoms with van der Waals surface area (Å²) in [5.41, 5.74) is 2.81. The van der Waals surface area contributed by atoms with Gasteiger partial charge in [0.25, 0.3) is 0 Å². The second-order valence-electron chi connectivity index (χ2n) is 2.08. The van der Waals surface area contributed by atoms with Gasteiger partial charge in [0, 0.05) is 0 Å². The molecule has 60 valence electrons. The van der Waals surface area contributed by atoms with Gasteiger partial charge in [-0.05, 0) is 25.5 Å². The van der Waals surface area contributed by atoms with Crippen LogP contribution in [0.2, 0.25) is 0 Å². The predicted molar refractivity (Wildman–Crippen MR) is 44.3 cm³/mol. The molecule has 0 spiro atoms. The minimum absolute atomic E-state index is 0.461. The summed E-state index contributed by atoms with van der Waals surface area (Å²) in [5, 5.41) is 8.54. The Labute approximate surface area is 66.5 Å². The highest BCUT2D eigenvalue weighted by Crippen LogP contribution is 2.04. The summed E-state index contributed by atoms with van der Waals surface area (Å²) >= 11 is 0. The van der Waals surface area contributed by atoms with Gasteiger partial charge >= 0.3 is 5.97 Å². The van der Waals surface area contributed by atoms with Crippen LogP contribution in [0.5, 0.6) is 0 Å². The van der Waals surface area contributed by atoms with Gasteiger partial charge in [-0.1, -0.05) is 6.08 Å². The molecule has 0 aliphatic heterocycles. The van der Waals surface area contributed by atoms with E-state index in [1.165, 1.54) is 6.08 Å². The lowest BCUT2D eigenvalue weighted by molar-refractivity contribution is -0.139. The Morgan fingerprint density at radius 1 is 1.82 bits per heavy atom. The smallest absolute Gasteiger partial charge is 0.310 e. The summed E-state index contributed by atoms with van der Waals surface area (Å²) < 4.78 is 0. The van der Waals surface area contributed by atoms with Crippen molar-refractivity contribution in [3.63, 3.8) is 0 Å². The van der Waals surface area contributed by atoms with Crippen LogP contribution in [0.1, 0.15) is 13.3 Å². The Bertz CT molecular complexity index is 198. The van der Waals surface area contributed by atoms with Crippen molar-refractivity contribution in [1.82, 2.24) is 0 Å². The van der Waals surface area contributed by atoms with Gasteiger partial charge in [0.05, 0.1) is 5.92 Å². The molecule has 0 saturated carbocycles. The van der Waals surface area contributed by atoms with Gasteiger partial charge in [-0.25, -0.2) is 0 Å². The Kier molecular flexibility index (Phi) is 4.87. The molecule has 0 bridgehead atoms. The molecule has 2 heteroatoms. The first-order valence-electron chi connectivity index (χ1n) is 3.43. The van der Waals surface area contributed by atoms with E-state index in [0.29, 0.717) is 6.42 Å². The fourth-order valence-corrected chi connectivity index (χ4v) is 0.611. The van der Waals surface area contributed by atoms with Crippen LogP contribution in [0, 0.1) is 5.92 Å². The van der Waals surface area contributed by atoms with E-state index in [0.717, 1.165) is 0 Å². The minimum atomic E-state index is -0.839. The van der Waals surface area contributed by atoms with Crippen molar-refractivity contribution in [3.05, 3.63) is 30.5 Å². The van der Waals surface area contributed by atoms with Crippen molar-refractivity contribution in [2.75, 3.05) is 0 Å². The predicted octanol–water partition coefficient (Wildman–Crippen LogP) is 1.99. The van der Waals surface area contributed by atoms with Gasteiger partial charge in [0.1, 0.15) is 0 Å². The lowest BCUT2D eigenvalue weighted by atomic mass is 10.1. The third-order valence-corrected chi connectivity index (χ3v) is 1.26. The number of allylic oxidation sites excluding steroid dienone is 1. The summed E-state index contributed by atoms with van der Waals surface area (Å²) in [7, 11) is 0. The van der Waals surface area contributed by atoms with E-state index in [9.17, 15) is 4.79 Å². The number of rotatable bonds is 4. The van der Waals surface area contributed by atoms with Crippen LogP contribution >= 0.6 is 0 Å². The van der Waals surface area contributed by atoms with Crippen molar-refractivity contribution in [3.8, 4) is 0 Å². The maximum atomic E-state index is 10.4. The number of carboxylic acids is 1. The third-order valence-electron chi connectivity index (χ3n) is 1.26. The van der Waals surface area contributed by atoms with Gasteiger partial charge in [-0.2, -0.15) is 0 Å². The third kappa shape index (κ3) is 4.18. The Hall–Kier alpha value is -1.27. The summed E-state index contributed by atoms with van der Waals surface area (Å²) in [6.07, 6.45) is 5.32. The topological polar surface area (TPSA) is 37.3 Å². The molecular weight excluding hydrogens is 140 g/mol. The maximum Gasteiger partial charge on any atom is 0.310 e. The molecule has 0 heterocycles. The Morgan fingerprint density at radius 2 is 2.45 bits per heavy atom. The van der Waals surface area contributed by atoms with Crippen LogP contribution in [0.25, 0.3) is 0 Å². The molecule has 0 aromatic heterocycles. The SMILES string of the molecule is C=CC(CC=C=CC)C(=O)O. The number of carboxylic acid groups (broad SMARTS) is 1. The summed E-state index contributed by atoms with van der Waals surface area (Å²) in [5.74, 6) is -1.32. The highest BCUT2D eigenvalue weighted by molar-refractivity contribution is 5.72. The highest BCUT2D eigenvalue weighted by Gasteiger charge is 2.09. The van der Waals surface area contributed by atoms with E-state index in [1.807, 2.05) is 6.92 Å². The molecule has 1 atom stereocenters. The van der Waals surface area contributed by atoms with Crippen LogP contribution in [0.4, 0.5) is 0 Å². The van der Waals surface area contributed by atoms with Crippen LogP contribution in [-0.2, 0) is 4.79 Å². The van der Waals surface area contributed by atoms with E-state index in [4.69, 9.17) is 5.11 Å². The first kappa shape index (κ1) is 9.73. The normalized spacial score (nSPS) is 11.0. The largest absolute Gasteiger partial charge is 0.481 e. The first-order chi connectivity index (χ1) is 5.22. The fourth-order valence-electron chi connectivity index (χ4n) is 0.611. The summed E-state index contributed by atoms with van der Waals surface area (Å²) in [6.45, 7) is 5.26. The standard InChI is InChI=1S/C9H12O2/c1-3-5-6-7-8(4-2)9(10)11/h3-4,6,8H,2,7H2,1H3,(H,10,11). The van der Waals surface area contributed by atoms with Crippen LogP contribution in [0.15, 0.2) is 30.5 Å². The van der Waals surface area contributed by atoms with Crippen molar-refractivity contribution in [2.24, 2.45) is 5.92 Å². The van der Waals surface area contributed by atoms with E-state index in [2.05, 4.69) is 12.3 Å². The van der Waals surface area contributed by atoms with E-state index in [1.54, 1.807) is 12.2 Å². The minimum Gasteiger partial charge on any atom is -0.481 e. The summed E-state index contributed by atoms with van der Waals surface area (Å²) in [4.78, 5) is 10.4. The molecule has 0 aliphatic carbocycles. The maximum absolute atomic E-state index is 10.4.